The van der Waals surface area contributed by atoms with Crippen molar-refractivity contribution in [1.82, 2.24) is 0 Å². The molecule has 1 heterocycles. The van der Waals surface area contributed by atoms with E-state index in [9.17, 15) is 24.3 Å². The predicted molar refractivity (Wildman–Crippen MR) is 146 cm³/mol. The Morgan fingerprint density at radius 1 is 0.974 bits per heavy atom. The maximum absolute atomic E-state index is 13.9. The standard InChI is InChI=1S/C30H23BrClNO5/c1-13-9-15(10-14(2)27(13)35)24-18-7-8-19-25(20(18)11-21-26(24)23(34)12-22(31)28(21)36)30(38)33(29(19)37)17-5-3-16(32)4-6-17/h3-7,9-10,12,19-20,24-25,35H,8,11H2,1-2H3/t19-,20+,24-,25-/m0/s1. The van der Waals surface area contributed by atoms with E-state index in [2.05, 4.69) is 15.9 Å². The number of allylic oxidation sites excluding steroid dienone is 6. The first-order valence-electron chi connectivity index (χ1n) is 12.4. The molecule has 3 aliphatic carbocycles. The number of rotatable bonds is 2. The fraction of sp³-hybridized carbons (Fsp3) is 0.267. The molecule has 2 amide bonds. The number of carbonyl (C=O) groups excluding carboxylic acids is 4. The zero-order valence-corrected chi connectivity index (χ0v) is 23.0. The topological polar surface area (TPSA) is 91.8 Å². The second-order valence-electron chi connectivity index (χ2n) is 10.4. The number of aromatic hydroxyl groups is 1. The Hall–Kier alpha value is -3.29. The van der Waals surface area contributed by atoms with Gasteiger partial charge in [0, 0.05) is 28.2 Å². The second-order valence-corrected chi connectivity index (χ2v) is 11.7. The van der Waals surface area contributed by atoms with Crippen LogP contribution in [0.1, 0.15) is 35.4 Å². The van der Waals surface area contributed by atoms with Crippen LogP contribution in [0.5, 0.6) is 5.75 Å². The molecule has 6 nitrogen and oxygen atoms in total. The van der Waals surface area contributed by atoms with Crippen molar-refractivity contribution in [3.63, 3.8) is 0 Å². The highest BCUT2D eigenvalue weighted by Crippen LogP contribution is 2.56. The quantitative estimate of drug-likeness (QED) is 0.277. The summed E-state index contributed by atoms with van der Waals surface area (Å²) in [6, 6.07) is 10.3. The number of fused-ring (bicyclic) bond motifs is 3. The van der Waals surface area contributed by atoms with Gasteiger partial charge in [-0.15, -0.1) is 0 Å². The van der Waals surface area contributed by atoms with Gasteiger partial charge in [0.05, 0.1) is 22.0 Å². The third kappa shape index (κ3) is 3.59. The van der Waals surface area contributed by atoms with Gasteiger partial charge in [-0.3, -0.25) is 24.1 Å². The number of carbonyl (C=O) groups is 4. The number of halogens is 2. The summed E-state index contributed by atoms with van der Waals surface area (Å²) >= 11 is 9.27. The van der Waals surface area contributed by atoms with Crippen LogP contribution >= 0.6 is 27.5 Å². The number of anilines is 1. The number of benzene rings is 2. The summed E-state index contributed by atoms with van der Waals surface area (Å²) in [6.45, 7) is 3.58. The van der Waals surface area contributed by atoms with E-state index in [4.69, 9.17) is 11.6 Å². The van der Waals surface area contributed by atoms with Gasteiger partial charge in [-0.1, -0.05) is 35.4 Å². The van der Waals surface area contributed by atoms with Crippen molar-refractivity contribution in [2.24, 2.45) is 17.8 Å². The Morgan fingerprint density at radius 2 is 1.63 bits per heavy atom. The Balaban J connectivity index is 1.50. The minimum absolute atomic E-state index is 0.178. The van der Waals surface area contributed by atoms with Gasteiger partial charge in [-0.2, -0.15) is 0 Å². The van der Waals surface area contributed by atoms with E-state index in [1.165, 1.54) is 11.0 Å². The fourth-order valence-electron chi connectivity index (χ4n) is 6.59. The zero-order valence-electron chi connectivity index (χ0n) is 20.6. The molecule has 1 fully saturated rings. The van der Waals surface area contributed by atoms with E-state index in [0.29, 0.717) is 39.4 Å². The van der Waals surface area contributed by atoms with Crippen molar-refractivity contribution in [2.45, 2.75) is 32.6 Å². The lowest BCUT2D eigenvalue weighted by Crippen LogP contribution is -2.39. The van der Waals surface area contributed by atoms with Crippen molar-refractivity contribution in [2.75, 3.05) is 4.90 Å². The molecule has 38 heavy (non-hydrogen) atoms. The van der Waals surface area contributed by atoms with E-state index >= 15 is 0 Å². The number of hydrogen-bond acceptors (Lipinski definition) is 5. The van der Waals surface area contributed by atoms with Gasteiger partial charge >= 0.3 is 0 Å². The van der Waals surface area contributed by atoms with Crippen LogP contribution in [-0.2, 0) is 19.2 Å². The summed E-state index contributed by atoms with van der Waals surface area (Å²) in [5, 5.41) is 10.9. The van der Waals surface area contributed by atoms with Gasteiger partial charge in [0.25, 0.3) is 0 Å². The summed E-state index contributed by atoms with van der Waals surface area (Å²) in [5.41, 5.74) is 4.23. The Morgan fingerprint density at radius 3 is 2.29 bits per heavy atom. The molecular weight excluding hydrogens is 570 g/mol. The normalized spacial score (nSPS) is 26.7. The zero-order chi connectivity index (χ0) is 27.0. The number of phenolic OH excluding ortho intramolecular Hbond substituents is 1. The molecule has 0 bridgehead atoms. The molecule has 0 radical (unpaired) electrons. The molecule has 0 unspecified atom stereocenters. The fourth-order valence-corrected chi connectivity index (χ4v) is 7.16. The number of Topliss-reactive ketones (excluding diaryl/α,β-unsaturated/α-hetero) is 1. The summed E-state index contributed by atoms with van der Waals surface area (Å²) in [6.07, 6.45) is 3.87. The van der Waals surface area contributed by atoms with Gasteiger partial charge in [-0.05, 0) is 89.5 Å². The lowest BCUT2D eigenvalue weighted by molar-refractivity contribution is -0.123. The molecule has 0 aromatic heterocycles. The summed E-state index contributed by atoms with van der Waals surface area (Å²) in [4.78, 5) is 55.3. The highest BCUT2D eigenvalue weighted by molar-refractivity contribution is 9.12. The predicted octanol–water partition coefficient (Wildman–Crippen LogP) is 5.63. The number of ketones is 2. The third-order valence-electron chi connectivity index (χ3n) is 8.26. The van der Waals surface area contributed by atoms with Crippen LogP contribution < -0.4 is 4.90 Å². The molecule has 0 saturated carbocycles. The molecule has 192 valence electrons. The summed E-state index contributed by atoms with van der Waals surface area (Å²) < 4.78 is 0.189. The monoisotopic (exact) mass is 591 g/mol. The first kappa shape index (κ1) is 25.0. The smallest absolute Gasteiger partial charge is 0.238 e. The molecule has 1 aliphatic heterocycles. The molecule has 4 atom stereocenters. The molecule has 4 aliphatic rings. The largest absolute Gasteiger partial charge is 0.507 e. The van der Waals surface area contributed by atoms with Gasteiger partial charge in [0.2, 0.25) is 11.8 Å². The maximum Gasteiger partial charge on any atom is 0.238 e. The average Bonchev–Trinajstić information content (AvgIpc) is 3.14. The molecule has 1 N–H and O–H groups in total. The molecule has 0 spiro atoms. The third-order valence-corrected chi connectivity index (χ3v) is 9.10. The molecule has 6 rings (SSSR count). The van der Waals surface area contributed by atoms with Crippen LogP contribution in [-0.4, -0.2) is 28.5 Å². The second kappa shape index (κ2) is 8.89. The molecular formula is C30H23BrClNO5. The van der Waals surface area contributed by atoms with Gasteiger partial charge in [-0.25, -0.2) is 0 Å². The van der Waals surface area contributed by atoms with Gasteiger partial charge < -0.3 is 5.11 Å². The van der Waals surface area contributed by atoms with Crippen molar-refractivity contribution >= 4 is 56.6 Å². The summed E-state index contributed by atoms with van der Waals surface area (Å²) in [7, 11) is 0. The highest BCUT2D eigenvalue weighted by Gasteiger charge is 2.56. The lowest BCUT2D eigenvalue weighted by atomic mass is 9.59. The Kier molecular flexibility index (Phi) is 5.85. The first-order valence-corrected chi connectivity index (χ1v) is 13.6. The number of imide groups is 1. The number of amides is 2. The van der Waals surface area contributed by atoms with Crippen LogP contribution in [0, 0.1) is 31.6 Å². The van der Waals surface area contributed by atoms with E-state index in [1.807, 2.05) is 18.2 Å². The van der Waals surface area contributed by atoms with E-state index in [-0.39, 0.29) is 40.0 Å². The van der Waals surface area contributed by atoms with E-state index in [1.54, 1.807) is 38.1 Å². The van der Waals surface area contributed by atoms with Crippen molar-refractivity contribution in [1.29, 1.82) is 0 Å². The molecule has 2 aromatic rings. The van der Waals surface area contributed by atoms with Crippen LogP contribution in [0.4, 0.5) is 5.69 Å². The molecule has 1 saturated heterocycles. The maximum atomic E-state index is 13.9. The lowest BCUT2D eigenvalue weighted by Gasteiger charge is -2.42. The van der Waals surface area contributed by atoms with Crippen molar-refractivity contribution in [3.05, 3.63) is 91.5 Å². The van der Waals surface area contributed by atoms with E-state index < -0.39 is 23.7 Å². The number of hydrogen-bond donors (Lipinski definition) is 1. The average molecular weight is 593 g/mol. The minimum atomic E-state index is -0.651. The first-order chi connectivity index (χ1) is 18.1. The number of nitrogens with zero attached hydrogens (tertiary/aromatic N) is 1. The Bertz CT molecular complexity index is 1540. The SMILES string of the molecule is Cc1cc([C@H]2C3=CC[C@@H]4C(=O)N(c5ccc(Cl)cc5)C(=O)[C@@H]4[C@@H]3CC3=C2C(=O)C=C(Br)C3=O)cc(C)c1O. The Labute approximate surface area is 232 Å². The minimum Gasteiger partial charge on any atom is -0.507 e. The van der Waals surface area contributed by atoms with Gasteiger partial charge in [0.1, 0.15) is 5.75 Å². The van der Waals surface area contributed by atoms with E-state index in [0.717, 1.165) is 11.1 Å². The summed E-state index contributed by atoms with van der Waals surface area (Å²) in [5.74, 6) is -3.09. The van der Waals surface area contributed by atoms with Gasteiger partial charge in [0.15, 0.2) is 11.6 Å². The molecule has 2 aromatic carbocycles. The van der Waals surface area contributed by atoms with Crippen LogP contribution in [0.3, 0.4) is 0 Å². The highest BCUT2D eigenvalue weighted by atomic mass is 79.9. The number of phenols is 1. The van der Waals surface area contributed by atoms with Crippen LogP contribution in [0.15, 0.2) is 69.8 Å². The van der Waals surface area contributed by atoms with Crippen molar-refractivity contribution in [3.8, 4) is 5.75 Å². The van der Waals surface area contributed by atoms with Crippen LogP contribution in [0.25, 0.3) is 0 Å². The number of aryl methyl sites for hydroxylation is 2. The van der Waals surface area contributed by atoms with Crippen molar-refractivity contribution < 1.29 is 24.3 Å². The molecule has 8 heteroatoms. The van der Waals surface area contributed by atoms with Crippen LogP contribution in [0.2, 0.25) is 5.02 Å².